The molecule has 1 aromatic heterocycles. The summed E-state index contributed by atoms with van der Waals surface area (Å²) >= 11 is 0. The summed E-state index contributed by atoms with van der Waals surface area (Å²) in [4.78, 5) is 47.3. The summed E-state index contributed by atoms with van der Waals surface area (Å²) < 4.78 is 15.0. The molecule has 0 saturated carbocycles. The van der Waals surface area contributed by atoms with Crippen LogP contribution in [0.5, 0.6) is 0 Å². The van der Waals surface area contributed by atoms with Gasteiger partial charge in [-0.25, -0.2) is 4.79 Å². The molecule has 0 atom stereocenters. The Morgan fingerprint density at radius 2 is 1.73 bits per heavy atom. The highest BCUT2D eigenvalue weighted by Gasteiger charge is 2.29. The molecule has 0 aliphatic carbocycles. The van der Waals surface area contributed by atoms with Crippen LogP contribution in [0.4, 0.5) is 5.88 Å². The van der Waals surface area contributed by atoms with Gasteiger partial charge in [0.15, 0.2) is 6.61 Å². The quantitative estimate of drug-likeness (QED) is 0.699. The van der Waals surface area contributed by atoms with Crippen molar-refractivity contribution in [3.05, 3.63) is 16.9 Å². The van der Waals surface area contributed by atoms with Gasteiger partial charge in [-0.15, -0.1) is 0 Å². The van der Waals surface area contributed by atoms with Crippen molar-refractivity contribution in [1.82, 2.24) is 0 Å². The number of nitrogens with two attached hydrogens (primary N) is 1. The third kappa shape index (κ3) is 5.91. The molecule has 2 amide bonds. The Labute approximate surface area is 151 Å². The molecule has 0 aromatic carbocycles. The highest BCUT2D eigenvalue weighted by Crippen LogP contribution is 2.27. The lowest BCUT2D eigenvalue weighted by Crippen LogP contribution is -2.24. The number of primary amides is 1. The van der Waals surface area contributed by atoms with Crippen molar-refractivity contribution in [3.8, 4) is 0 Å². The molecule has 0 radical (unpaired) electrons. The number of carbonyl (C=O) groups excluding carboxylic acids is 4. The molecule has 9 heteroatoms. The molecular weight excluding hydrogens is 344 g/mol. The van der Waals surface area contributed by atoms with Crippen LogP contribution in [-0.4, -0.2) is 37.0 Å². The third-order valence-electron chi connectivity index (χ3n) is 3.10. The molecule has 1 heterocycles. The van der Waals surface area contributed by atoms with Crippen LogP contribution in [0.2, 0.25) is 0 Å². The SMILES string of the molecule is CCOC(=O)c1c(C)oc(NC(=O)COC(=O)CC(C)(C)C)c1C(N)=O. The number of rotatable bonds is 7. The summed E-state index contributed by atoms with van der Waals surface area (Å²) in [5.41, 5.74) is 4.56. The summed E-state index contributed by atoms with van der Waals surface area (Å²) in [6, 6.07) is 0. The first-order chi connectivity index (χ1) is 12.0. The number of hydrogen-bond acceptors (Lipinski definition) is 7. The fraction of sp³-hybridized carbons (Fsp3) is 0.529. The lowest BCUT2D eigenvalue weighted by molar-refractivity contribution is -0.149. The van der Waals surface area contributed by atoms with Crippen molar-refractivity contribution in [2.75, 3.05) is 18.5 Å². The van der Waals surface area contributed by atoms with Gasteiger partial charge >= 0.3 is 11.9 Å². The summed E-state index contributed by atoms with van der Waals surface area (Å²) in [5, 5.41) is 2.28. The second-order valence-corrected chi connectivity index (χ2v) is 6.77. The lowest BCUT2D eigenvalue weighted by atomic mass is 9.93. The highest BCUT2D eigenvalue weighted by molar-refractivity contribution is 6.10. The maximum Gasteiger partial charge on any atom is 0.342 e. The largest absolute Gasteiger partial charge is 0.462 e. The van der Waals surface area contributed by atoms with Gasteiger partial charge in [-0.2, -0.15) is 0 Å². The minimum Gasteiger partial charge on any atom is -0.462 e. The van der Waals surface area contributed by atoms with Gasteiger partial charge in [0, 0.05) is 0 Å². The van der Waals surface area contributed by atoms with Crippen molar-refractivity contribution in [2.45, 2.75) is 41.0 Å². The standard InChI is InChI=1S/C17H24N2O7/c1-6-24-16(23)12-9(2)26-15(13(12)14(18)22)19-10(20)8-25-11(21)7-17(3,4)5/h6-8H2,1-5H3,(H2,18,22)(H,19,20). The van der Waals surface area contributed by atoms with Gasteiger partial charge < -0.3 is 19.6 Å². The molecule has 0 bridgehead atoms. The predicted octanol–water partition coefficient (Wildman–Crippen LogP) is 1.78. The Morgan fingerprint density at radius 1 is 1.12 bits per heavy atom. The smallest absolute Gasteiger partial charge is 0.342 e. The molecule has 3 N–H and O–H groups in total. The summed E-state index contributed by atoms with van der Waals surface area (Å²) in [6.07, 6.45) is 0.139. The fourth-order valence-corrected chi connectivity index (χ4v) is 2.11. The Hall–Kier alpha value is -2.84. The average molecular weight is 368 g/mol. The zero-order valence-corrected chi connectivity index (χ0v) is 15.6. The van der Waals surface area contributed by atoms with E-state index in [4.69, 9.17) is 19.6 Å². The van der Waals surface area contributed by atoms with Crippen LogP contribution in [0, 0.1) is 12.3 Å². The number of ether oxygens (including phenoxy) is 2. The van der Waals surface area contributed by atoms with E-state index in [-0.39, 0.29) is 41.2 Å². The monoisotopic (exact) mass is 368 g/mol. The molecule has 0 aliphatic rings. The minimum absolute atomic E-state index is 0.0669. The van der Waals surface area contributed by atoms with E-state index < -0.39 is 30.4 Å². The maximum atomic E-state index is 12.0. The van der Waals surface area contributed by atoms with Crippen LogP contribution in [0.3, 0.4) is 0 Å². The molecule has 9 nitrogen and oxygen atoms in total. The normalized spacial score (nSPS) is 11.0. The number of carbonyl (C=O) groups is 4. The van der Waals surface area contributed by atoms with E-state index in [1.54, 1.807) is 6.92 Å². The maximum absolute atomic E-state index is 12.0. The zero-order chi connectivity index (χ0) is 20.1. The van der Waals surface area contributed by atoms with Gasteiger partial charge in [-0.1, -0.05) is 20.8 Å². The van der Waals surface area contributed by atoms with Gasteiger partial charge in [-0.3, -0.25) is 19.7 Å². The van der Waals surface area contributed by atoms with E-state index in [9.17, 15) is 19.2 Å². The van der Waals surface area contributed by atoms with Gasteiger partial charge in [0.05, 0.1) is 13.0 Å². The van der Waals surface area contributed by atoms with Crippen LogP contribution < -0.4 is 11.1 Å². The summed E-state index contributed by atoms with van der Waals surface area (Å²) in [5.74, 6) is -3.26. The zero-order valence-electron chi connectivity index (χ0n) is 15.6. The van der Waals surface area contributed by atoms with E-state index in [2.05, 4.69) is 5.32 Å². The first-order valence-electron chi connectivity index (χ1n) is 8.02. The van der Waals surface area contributed by atoms with Crippen LogP contribution in [0.15, 0.2) is 4.42 Å². The Morgan fingerprint density at radius 3 is 2.23 bits per heavy atom. The summed E-state index contributed by atoms with van der Waals surface area (Å²) in [7, 11) is 0. The third-order valence-corrected chi connectivity index (χ3v) is 3.10. The van der Waals surface area contributed by atoms with E-state index >= 15 is 0 Å². The van der Waals surface area contributed by atoms with Gasteiger partial charge in [0.2, 0.25) is 5.88 Å². The average Bonchev–Trinajstić information content (AvgIpc) is 2.80. The lowest BCUT2D eigenvalue weighted by Gasteiger charge is -2.16. The van der Waals surface area contributed by atoms with Crippen LogP contribution in [-0.2, 0) is 19.1 Å². The number of amides is 2. The summed E-state index contributed by atoms with van der Waals surface area (Å²) in [6.45, 7) is 8.13. The van der Waals surface area contributed by atoms with E-state index in [1.165, 1.54) is 6.92 Å². The number of furan rings is 1. The van der Waals surface area contributed by atoms with Gasteiger partial charge in [0.25, 0.3) is 11.8 Å². The predicted molar refractivity (Wildman–Crippen MR) is 91.6 cm³/mol. The van der Waals surface area contributed by atoms with Crippen LogP contribution in [0.25, 0.3) is 0 Å². The van der Waals surface area contributed by atoms with Crippen molar-refractivity contribution in [2.24, 2.45) is 11.1 Å². The molecule has 1 rings (SSSR count). The Kier molecular flexibility index (Phi) is 6.93. The first-order valence-corrected chi connectivity index (χ1v) is 8.02. The molecule has 26 heavy (non-hydrogen) atoms. The van der Waals surface area contributed by atoms with E-state index in [1.807, 2.05) is 20.8 Å². The van der Waals surface area contributed by atoms with Crippen molar-refractivity contribution in [1.29, 1.82) is 0 Å². The van der Waals surface area contributed by atoms with Crippen molar-refractivity contribution < 1.29 is 33.1 Å². The number of aryl methyl sites for hydroxylation is 1. The fourth-order valence-electron chi connectivity index (χ4n) is 2.11. The number of nitrogens with one attached hydrogen (secondary N) is 1. The Bertz CT molecular complexity index is 713. The molecule has 0 aliphatic heterocycles. The number of anilines is 1. The van der Waals surface area contributed by atoms with E-state index in [0.717, 1.165) is 0 Å². The van der Waals surface area contributed by atoms with E-state index in [0.29, 0.717) is 0 Å². The van der Waals surface area contributed by atoms with Crippen LogP contribution >= 0.6 is 0 Å². The molecule has 0 unspecified atom stereocenters. The second-order valence-electron chi connectivity index (χ2n) is 6.77. The topological polar surface area (TPSA) is 138 Å². The molecule has 0 saturated heterocycles. The highest BCUT2D eigenvalue weighted by atomic mass is 16.5. The number of hydrogen-bond donors (Lipinski definition) is 2. The van der Waals surface area contributed by atoms with Gasteiger partial charge in [-0.05, 0) is 19.3 Å². The molecule has 144 valence electrons. The number of esters is 2. The second kappa shape index (κ2) is 8.50. The first kappa shape index (κ1) is 21.2. The van der Waals surface area contributed by atoms with Crippen LogP contribution in [0.1, 0.15) is 60.6 Å². The molecule has 1 aromatic rings. The van der Waals surface area contributed by atoms with Crippen molar-refractivity contribution in [3.63, 3.8) is 0 Å². The molecule has 0 spiro atoms. The van der Waals surface area contributed by atoms with Crippen molar-refractivity contribution >= 4 is 29.6 Å². The minimum atomic E-state index is -0.968. The Balaban J connectivity index is 2.88. The molecular formula is C17H24N2O7. The molecule has 0 fully saturated rings. The van der Waals surface area contributed by atoms with Gasteiger partial charge in [0.1, 0.15) is 16.9 Å².